The summed E-state index contributed by atoms with van der Waals surface area (Å²) in [4.78, 5) is 18.9. The molecule has 0 aromatic carbocycles. The van der Waals surface area contributed by atoms with Crippen LogP contribution in [0.15, 0.2) is 11.6 Å². The second-order valence-corrected chi connectivity index (χ2v) is 6.76. The first-order valence-electron chi connectivity index (χ1n) is 7.82. The van der Waals surface area contributed by atoms with E-state index in [1.165, 1.54) is 0 Å². The first-order valence-corrected chi connectivity index (χ1v) is 8.70. The first-order chi connectivity index (χ1) is 10.8. The Morgan fingerprint density at radius 3 is 3.23 bits per heavy atom. The number of fused-ring (bicyclic) bond motifs is 1. The van der Waals surface area contributed by atoms with Crippen molar-refractivity contribution in [1.29, 1.82) is 0 Å². The number of likely N-dealkylation sites (tertiary alicyclic amines) is 1. The van der Waals surface area contributed by atoms with Gasteiger partial charge in [-0.15, -0.1) is 11.3 Å². The molecule has 0 unspecified atom stereocenters. The van der Waals surface area contributed by atoms with Gasteiger partial charge in [-0.05, 0) is 19.3 Å². The lowest BCUT2D eigenvalue weighted by Gasteiger charge is -2.35. The zero-order valence-corrected chi connectivity index (χ0v) is 13.7. The summed E-state index contributed by atoms with van der Waals surface area (Å²) in [7, 11) is 1.63. The van der Waals surface area contributed by atoms with Crippen molar-refractivity contribution in [3.8, 4) is 0 Å². The number of carbonyl (C=O) groups is 1. The van der Waals surface area contributed by atoms with Gasteiger partial charge in [-0.3, -0.25) is 9.69 Å². The van der Waals surface area contributed by atoms with Crippen LogP contribution in [0.1, 0.15) is 24.3 Å². The van der Waals surface area contributed by atoms with Crippen molar-refractivity contribution in [2.24, 2.45) is 0 Å². The Morgan fingerprint density at radius 1 is 1.55 bits per heavy atom. The summed E-state index contributed by atoms with van der Waals surface area (Å²) in [5.74, 6) is -0.00567. The first kappa shape index (κ1) is 15.9. The maximum absolute atomic E-state index is 12.1. The highest BCUT2D eigenvalue weighted by molar-refractivity contribution is 7.09. The summed E-state index contributed by atoms with van der Waals surface area (Å²) in [6, 6.07) is 0.423. The van der Waals surface area contributed by atoms with Crippen LogP contribution in [0.5, 0.6) is 0 Å². The van der Waals surface area contributed by atoms with Crippen LogP contribution in [-0.2, 0) is 20.8 Å². The highest BCUT2D eigenvalue weighted by Gasteiger charge is 2.41. The lowest BCUT2D eigenvalue weighted by molar-refractivity contribution is -0.144. The van der Waals surface area contributed by atoms with E-state index in [2.05, 4.69) is 15.2 Å². The third kappa shape index (κ3) is 3.65. The molecule has 3 rings (SSSR count). The number of aromatic nitrogens is 1. The summed E-state index contributed by atoms with van der Waals surface area (Å²) in [6.45, 7) is 2.99. The number of hydrogen-bond donors (Lipinski definition) is 1. The van der Waals surface area contributed by atoms with Crippen LogP contribution in [0.2, 0.25) is 0 Å². The van der Waals surface area contributed by atoms with Crippen LogP contribution in [0.3, 0.4) is 0 Å². The van der Waals surface area contributed by atoms with Crippen molar-refractivity contribution >= 4 is 17.2 Å². The third-order valence-corrected chi connectivity index (χ3v) is 5.15. The molecule has 0 bridgehead atoms. The van der Waals surface area contributed by atoms with Gasteiger partial charge < -0.3 is 14.8 Å². The molecule has 1 aromatic rings. The molecule has 1 N–H and O–H groups in total. The van der Waals surface area contributed by atoms with E-state index in [1.807, 2.05) is 11.6 Å². The van der Waals surface area contributed by atoms with E-state index in [-0.39, 0.29) is 18.1 Å². The fraction of sp³-hybridized carbons (Fsp3) is 0.733. The zero-order chi connectivity index (χ0) is 15.4. The highest BCUT2D eigenvalue weighted by Crippen LogP contribution is 2.32. The molecule has 122 valence electrons. The Bertz CT molecular complexity index is 482. The van der Waals surface area contributed by atoms with Crippen molar-refractivity contribution in [2.75, 3.05) is 26.8 Å². The molecule has 2 aliphatic heterocycles. The van der Waals surface area contributed by atoms with E-state index < -0.39 is 0 Å². The minimum atomic E-state index is -0.307. The lowest BCUT2D eigenvalue weighted by atomic mass is 9.98. The van der Waals surface area contributed by atoms with E-state index in [4.69, 9.17) is 9.47 Å². The molecular formula is C15H23N3O3S. The summed E-state index contributed by atoms with van der Waals surface area (Å²) in [5.41, 5.74) is 0. The van der Waals surface area contributed by atoms with E-state index in [9.17, 15) is 4.79 Å². The minimum absolute atomic E-state index is 0.00567. The number of ether oxygens (including phenoxy) is 2. The maximum Gasteiger partial charge on any atom is 0.249 e. The summed E-state index contributed by atoms with van der Waals surface area (Å²) in [5, 5.41) is 6.04. The molecule has 0 aliphatic carbocycles. The minimum Gasteiger partial charge on any atom is -0.383 e. The molecule has 1 aromatic heterocycles. The second-order valence-electron chi connectivity index (χ2n) is 5.78. The van der Waals surface area contributed by atoms with E-state index in [0.717, 1.165) is 37.4 Å². The van der Waals surface area contributed by atoms with Gasteiger partial charge in [-0.25, -0.2) is 4.98 Å². The molecule has 22 heavy (non-hydrogen) atoms. The molecule has 2 fully saturated rings. The molecule has 0 radical (unpaired) electrons. The number of nitrogens with zero attached hydrogens (tertiary/aromatic N) is 2. The molecule has 0 spiro atoms. The predicted molar refractivity (Wildman–Crippen MR) is 83.7 cm³/mol. The van der Waals surface area contributed by atoms with E-state index in [0.29, 0.717) is 19.2 Å². The average molecular weight is 325 g/mol. The highest BCUT2D eigenvalue weighted by atomic mass is 32.1. The molecule has 6 nitrogen and oxygen atoms in total. The van der Waals surface area contributed by atoms with Crippen molar-refractivity contribution < 1.29 is 14.3 Å². The monoisotopic (exact) mass is 325 g/mol. The molecule has 0 saturated carbocycles. The number of methoxy groups -OCH3 is 1. The smallest absolute Gasteiger partial charge is 0.249 e. The fourth-order valence-electron chi connectivity index (χ4n) is 3.30. The van der Waals surface area contributed by atoms with Crippen LogP contribution in [-0.4, -0.2) is 60.8 Å². The average Bonchev–Trinajstić information content (AvgIpc) is 3.18. The number of nitrogens with one attached hydrogen (secondary N) is 1. The summed E-state index contributed by atoms with van der Waals surface area (Å²) in [6.07, 6.45) is 4.51. The Kier molecular flexibility index (Phi) is 5.41. The van der Waals surface area contributed by atoms with Crippen LogP contribution in [0, 0.1) is 0 Å². The van der Waals surface area contributed by atoms with Crippen LogP contribution in [0.4, 0.5) is 0 Å². The molecule has 1 amide bonds. The van der Waals surface area contributed by atoms with Gasteiger partial charge >= 0.3 is 0 Å². The molecule has 7 heteroatoms. The van der Waals surface area contributed by atoms with Crippen molar-refractivity contribution in [3.05, 3.63) is 16.6 Å². The Morgan fingerprint density at radius 2 is 2.45 bits per heavy atom. The van der Waals surface area contributed by atoms with E-state index >= 15 is 0 Å². The van der Waals surface area contributed by atoms with E-state index in [1.54, 1.807) is 18.4 Å². The largest absolute Gasteiger partial charge is 0.383 e. The number of amides is 1. The fourth-order valence-corrected chi connectivity index (χ4v) is 3.94. The van der Waals surface area contributed by atoms with Crippen molar-refractivity contribution in [2.45, 2.75) is 44.1 Å². The van der Waals surface area contributed by atoms with Gasteiger partial charge in [-0.2, -0.15) is 0 Å². The molecule has 3 atom stereocenters. The van der Waals surface area contributed by atoms with Crippen LogP contribution < -0.4 is 5.32 Å². The standard InChI is InChI=1S/C15H23N3O3S/c1-20-8-5-17-15(19)13-3-2-11-12(21-13)4-7-18(11)10-14-16-6-9-22-14/h6,9,11-13H,2-5,7-8,10H2,1H3,(H,17,19)/t11-,12-,13-/m0/s1. The van der Waals surface area contributed by atoms with Gasteiger partial charge in [0.1, 0.15) is 11.1 Å². The number of carbonyl (C=O) groups excluding carboxylic acids is 1. The Hall–Kier alpha value is -1.02. The van der Waals surface area contributed by atoms with Gasteiger partial charge in [-0.1, -0.05) is 0 Å². The second kappa shape index (κ2) is 7.50. The number of thiazole rings is 1. The topological polar surface area (TPSA) is 63.7 Å². The van der Waals surface area contributed by atoms with Gasteiger partial charge in [0.25, 0.3) is 0 Å². The van der Waals surface area contributed by atoms with Crippen molar-refractivity contribution in [3.63, 3.8) is 0 Å². The summed E-state index contributed by atoms with van der Waals surface area (Å²) < 4.78 is 11.0. The van der Waals surface area contributed by atoms with Crippen LogP contribution >= 0.6 is 11.3 Å². The molecule has 2 saturated heterocycles. The lowest BCUT2D eigenvalue weighted by Crippen LogP contribution is -2.48. The predicted octanol–water partition coefficient (Wildman–Crippen LogP) is 1.03. The normalized spacial score (nSPS) is 28.5. The number of hydrogen-bond acceptors (Lipinski definition) is 6. The van der Waals surface area contributed by atoms with Crippen LogP contribution in [0.25, 0.3) is 0 Å². The SMILES string of the molecule is COCCNC(=O)[C@@H]1CC[C@H]2[C@H](CCN2Cc2nccs2)O1. The maximum atomic E-state index is 12.1. The molecule has 2 aliphatic rings. The van der Waals surface area contributed by atoms with Gasteiger partial charge in [0.2, 0.25) is 5.91 Å². The third-order valence-electron chi connectivity index (χ3n) is 4.38. The summed E-state index contributed by atoms with van der Waals surface area (Å²) >= 11 is 1.70. The quantitative estimate of drug-likeness (QED) is 0.792. The van der Waals surface area contributed by atoms with Gasteiger partial charge in [0.05, 0.1) is 19.3 Å². The van der Waals surface area contributed by atoms with Gasteiger partial charge in [0.15, 0.2) is 0 Å². The molecule has 3 heterocycles. The van der Waals surface area contributed by atoms with Crippen molar-refractivity contribution in [1.82, 2.24) is 15.2 Å². The Labute approximate surface area is 134 Å². The Balaban J connectivity index is 1.49. The van der Waals surface area contributed by atoms with Gasteiger partial charge in [0, 0.05) is 37.8 Å². The zero-order valence-electron chi connectivity index (χ0n) is 12.9. The molecular weight excluding hydrogens is 302 g/mol. The number of rotatable bonds is 6.